The van der Waals surface area contributed by atoms with Crippen LogP contribution in [0.3, 0.4) is 0 Å². The van der Waals surface area contributed by atoms with Gasteiger partial charge in [-0.05, 0) is 71.6 Å². The molecule has 1 atom stereocenters. The van der Waals surface area contributed by atoms with Crippen molar-refractivity contribution in [2.45, 2.75) is 38.5 Å². The van der Waals surface area contributed by atoms with Crippen molar-refractivity contribution in [3.8, 4) is 5.75 Å². The number of hydrogen-bond donors (Lipinski definition) is 1. The molecule has 156 valence electrons. The maximum atomic E-state index is 13.4. The second-order valence-corrected chi connectivity index (χ2v) is 8.43. The normalized spacial score (nSPS) is 16.4. The van der Waals surface area contributed by atoms with Gasteiger partial charge in [-0.25, -0.2) is 8.78 Å². The third kappa shape index (κ3) is 6.14. The molecule has 1 aliphatic rings. The molecule has 1 saturated heterocycles. The number of carbonyl (C=O) groups is 1. The van der Waals surface area contributed by atoms with Gasteiger partial charge in [0.1, 0.15) is 5.75 Å². The summed E-state index contributed by atoms with van der Waals surface area (Å²) in [5.41, 5.74) is 0.738. The van der Waals surface area contributed by atoms with Crippen LogP contribution in [0.4, 0.5) is 8.78 Å². The van der Waals surface area contributed by atoms with Crippen LogP contribution < -0.4 is 10.1 Å². The SMILES string of the molecule is CC(Oc1ccc(Cl)cc1Br)C(=O)NC1CCN(Cc2ccc(F)c(F)c2)CC1. The van der Waals surface area contributed by atoms with Crippen molar-refractivity contribution < 1.29 is 18.3 Å². The molecule has 1 unspecified atom stereocenters. The zero-order chi connectivity index (χ0) is 21.0. The second-order valence-electron chi connectivity index (χ2n) is 7.14. The molecule has 1 aliphatic heterocycles. The Hall–Kier alpha value is -1.70. The number of amides is 1. The van der Waals surface area contributed by atoms with Gasteiger partial charge in [0.05, 0.1) is 4.47 Å². The summed E-state index contributed by atoms with van der Waals surface area (Å²) in [6.07, 6.45) is 0.923. The molecule has 1 amide bonds. The van der Waals surface area contributed by atoms with Gasteiger partial charge < -0.3 is 10.1 Å². The third-order valence-corrected chi connectivity index (χ3v) is 5.75. The van der Waals surface area contributed by atoms with Crippen molar-refractivity contribution in [3.05, 3.63) is 63.1 Å². The van der Waals surface area contributed by atoms with Gasteiger partial charge in [0.2, 0.25) is 0 Å². The number of piperidine rings is 1. The molecule has 2 aromatic carbocycles. The molecule has 4 nitrogen and oxygen atoms in total. The first-order chi connectivity index (χ1) is 13.8. The number of halogens is 4. The Morgan fingerprint density at radius 3 is 2.62 bits per heavy atom. The fourth-order valence-corrected chi connectivity index (χ4v) is 4.04. The minimum absolute atomic E-state index is 0.0587. The van der Waals surface area contributed by atoms with E-state index in [4.69, 9.17) is 16.3 Å². The van der Waals surface area contributed by atoms with E-state index >= 15 is 0 Å². The van der Waals surface area contributed by atoms with Crippen LogP contribution in [0.5, 0.6) is 5.75 Å². The van der Waals surface area contributed by atoms with E-state index in [2.05, 4.69) is 26.1 Å². The number of benzene rings is 2. The molecule has 0 spiro atoms. The lowest BCUT2D eigenvalue weighted by Gasteiger charge is -2.33. The zero-order valence-electron chi connectivity index (χ0n) is 15.9. The predicted octanol–water partition coefficient (Wildman–Crippen LogP) is 4.93. The Kier molecular flexibility index (Phi) is 7.49. The Bertz CT molecular complexity index is 876. The summed E-state index contributed by atoms with van der Waals surface area (Å²) in [5.74, 6) is -1.28. The number of nitrogens with one attached hydrogen (secondary N) is 1. The van der Waals surface area contributed by atoms with Crippen molar-refractivity contribution in [2.24, 2.45) is 0 Å². The molecule has 0 radical (unpaired) electrons. The van der Waals surface area contributed by atoms with E-state index in [9.17, 15) is 13.6 Å². The topological polar surface area (TPSA) is 41.6 Å². The van der Waals surface area contributed by atoms with Crippen LogP contribution in [0.25, 0.3) is 0 Å². The fourth-order valence-electron chi connectivity index (χ4n) is 3.26. The van der Waals surface area contributed by atoms with Crippen LogP contribution in [-0.4, -0.2) is 36.0 Å². The Balaban J connectivity index is 1.45. The van der Waals surface area contributed by atoms with Gasteiger partial charge >= 0.3 is 0 Å². The lowest BCUT2D eigenvalue weighted by atomic mass is 10.0. The Morgan fingerprint density at radius 1 is 1.24 bits per heavy atom. The number of likely N-dealkylation sites (tertiary alicyclic amines) is 1. The summed E-state index contributed by atoms with van der Waals surface area (Å²) in [6, 6.07) is 9.17. The molecule has 0 aliphatic carbocycles. The number of hydrogen-bond acceptors (Lipinski definition) is 3. The molecule has 1 fully saturated rings. The van der Waals surface area contributed by atoms with Crippen LogP contribution in [0.15, 0.2) is 40.9 Å². The van der Waals surface area contributed by atoms with E-state index in [0.717, 1.165) is 37.6 Å². The monoisotopic (exact) mass is 486 g/mol. The van der Waals surface area contributed by atoms with Crippen LogP contribution in [0, 0.1) is 11.6 Å². The van der Waals surface area contributed by atoms with Crippen LogP contribution in [-0.2, 0) is 11.3 Å². The second kappa shape index (κ2) is 9.87. The van der Waals surface area contributed by atoms with E-state index in [1.165, 1.54) is 6.07 Å². The minimum atomic E-state index is -0.836. The number of ether oxygens (including phenoxy) is 1. The van der Waals surface area contributed by atoms with Crippen molar-refractivity contribution in [1.82, 2.24) is 10.2 Å². The molecule has 2 aromatic rings. The van der Waals surface area contributed by atoms with E-state index in [1.807, 2.05) is 0 Å². The lowest BCUT2D eigenvalue weighted by Crippen LogP contribution is -2.47. The first kappa shape index (κ1) is 22.0. The van der Waals surface area contributed by atoms with Crippen molar-refractivity contribution >= 4 is 33.4 Å². The minimum Gasteiger partial charge on any atom is -0.480 e. The molecule has 3 rings (SSSR count). The molecule has 29 heavy (non-hydrogen) atoms. The maximum Gasteiger partial charge on any atom is 0.260 e. The first-order valence-corrected chi connectivity index (χ1v) is 10.6. The molecule has 0 saturated carbocycles. The van der Waals surface area contributed by atoms with E-state index in [1.54, 1.807) is 31.2 Å². The summed E-state index contributed by atoms with van der Waals surface area (Å²) in [5, 5.41) is 3.61. The molecule has 1 heterocycles. The first-order valence-electron chi connectivity index (χ1n) is 9.40. The van der Waals surface area contributed by atoms with Gasteiger partial charge in [-0.2, -0.15) is 0 Å². The van der Waals surface area contributed by atoms with E-state index in [0.29, 0.717) is 21.8 Å². The summed E-state index contributed by atoms with van der Waals surface area (Å²) in [4.78, 5) is 14.6. The zero-order valence-corrected chi connectivity index (χ0v) is 18.3. The average molecular weight is 488 g/mol. The quantitative estimate of drug-likeness (QED) is 0.628. The van der Waals surface area contributed by atoms with Crippen molar-refractivity contribution in [3.63, 3.8) is 0 Å². The lowest BCUT2D eigenvalue weighted by molar-refractivity contribution is -0.128. The fraction of sp³-hybridized carbons (Fsp3) is 0.381. The number of nitrogens with zero attached hydrogens (tertiary/aromatic N) is 1. The van der Waals surface area contributed by atoms with E-state index in [-0.39, 0.29) is 11.9 Å². The summed E-state index contributed by atoms with van der Waals surface area (Å²) in [6.45, 7) is 3.79. The highest BCUT2D eigenvalue weighted by molar-refractivity contribution is 9.10. The smallest absolute Gasteiger partial charge is 0.260 e. The van der Waals surface area contributed by atoms with Crippen LogP contribution >= 0.6 is 27.5 Å². The largest absolute Gasteiger partial charge is 0.480 e. The number of carbonyl (C=O) groups excluding carboxylic acids is 1. The van der Waals surface area contributed by atoms with Crippen molar-refractivity contribution in [1.29, 1.82) is 0 Å². The van der Waals surface area contributed by atoms with Gasteiger partial charge in [0.25, 0.3) is 5.91 Å². The van der Waals surface area contributed by atoms with Gasteiger partial charge in [-0.1, -0.05) is 17.7 Å². The average Bonchev–Trinajstić information content (AvgIpc) is 2.68. The predicted molar refractivity (Wildman–Crippen MR) is 112 cm³/mol. The standard InChI is InChI=1S/C21H22BrClF2N2O2/c1-13(29-20-5-3-15(23)11-17(20)22)21(28)26-16-6-8-27(9-7-16)12-14-2-4-18(24)19(25)10-14/h2-5,10-11,13,16H,6-9,12H2,1H3,(H,26,28). The summed E-state index contributed by atoms with van der Waals surface area (Å²) >= 11 is 9.29. The van der Waals surface area contributed by atoms with Gasteiger partial charge in [-0.3, -0.25) is 9.69 Å². The van der Waals surface area contributed by atoms with Gasteiger partial charge in [0.15, 0.2) is 17.7 Å². The maximum absolute atomic E-state index is 13.4. The molecule has 0 aromatic heterocycles. The van der Waals surface area contributed by atoms with Gasteiger partial charge in [-0.15, -0.1) is 0 Å². The summed E-state index contributed by atoms with van der Waals surface area (Å²) in [7, 11) is 0. The molecule has 8 heteroatoms. The molecular formula is C21H22BrClF2N2O2. The Labute approximate surface area is 182 Å². The molecule has 1 N–H and O–H groups in total. The van der Waals surface area contributed by atoms with Crippen LogP contribution in [0.1, 0.15) is 25.3 Å². The van der Waals surface area contributed by atoms with E-state index < -0.39 is 17.7 Å². The van der Waals surface area contributed by atoms with Crippen molar-refractivity contribution in [2.75, 3.05) is 13.1 Å². The molecular weight excluding hydrogens is 466 g/mol. The molecule has 0 bridgehead atoms. The highest BCUT2D eigenvalue weighted by Gasteiger charge is 2.24. The highest BCUT2D eigenvalue weighted by Crippen LogP contribution is 2.28. The summed E-state index contributed by atoms with van der Waals surface area (Å²) < 4.78 is 32.8. The highest BCUT2D eigenvalue weighted by atomic mass is 79.9. The third-order valence-electron chi connectivity index (χ3n) is 4.89. The number of rotatable bonds is 6. The van der Waals surface area contributed by atoms with Crippen LogP contribution in [0.2, 0.25) is 5.02 Å². The Morgan fingerprint density at radius 2 is 1.97 bits per heavy atom. The van der Waals surface area contributed by atoms with Gasteiger partial charge in [0, 0.05) is 30.7 Å².